The van der Waals surface area contributed by atoms with Crippen LogP contribution in [0.2, 0.25) is 0 Å². The minimum Gasteiger partial charge on any atom is -0.274 e. The van der Waals surface area contributed by atoms with Crippen LogP contribution < -0.4 is 9.73 Å². The minimum atomic E-state index is -3.34. The molecule has 0 saturated heterocycles. The molecule has 0 aromatic heterocycles. The van der Waals surface area contributed by atoms with Crippen LogP contribution in [0.1, 0.15) is 32.6 Å². The second kappa shape index (κ2) is 7.70. The van der Waals surface area contributed by atoms with Crippen molar-refractivity contribution in [3.63, 3.8) is 0 Å². The minimum absolute atomic E-state index is 0.365. The van der Waals surface area contributed by atoms with Gasteiger partial charge in [-0.25, -0.2) is 13.8 Å². The lowest BCUT2D eigenvalue weighted by molar-refractivity contribution is 0.0955. The van der Waals surface area contributed by atoms with Crippen LogP contribution in [0.5, 0.6) is 0 Å². The van der Waals surface area contributed by atoms with Crippen molar-refractivity contribution in [2.75, 3.05) is 17.6 Å². The standard InChI is InChI=1S/C19H23N3O3S/c1-13-6-7-17(15(3)14(13)2)12-20-21-19(23)16-8-10-18(11-9-16)22(4)26(5,24)25/h6-12H,1-5H3,(H,21,23)/b20-12-. The average molecular weight is 373 g/mol. The van der Waals surface area contributed by atoms with Gasteiger partial charge in [-0.05, 0) is 67.3 Å². The summed E-state index contributed by atoms with van der Waals surface area (Å²) in [7, 11) is -1.88. The number of nitrogens with zero attached hydrogens (tertiary/aromatic N) is 2. The number of benzene rings is 2. The van der Waals surface area contributed by atoms with Crippen LogP contribution in [-0.4, -0.2) is 33.8 Å². The maximum Gasteiger partial charge on any atom is 0.271 e. The molecule has 2 aromatic rings. The van der Waals surface area contributed by atoms with Gasteiger partial charge in [0.05, 0.1) is 18.2 Å². The Morgan fingerprint density at radius 2 is 1.65 bits per heavy atom. The highest BCUT2D eigenvalue weighted by Gasteiger charge is 2.12. The van der Waals surface area contributed by atoms with Crippen molar-refractivity contribution < 1.29 is 13.2 Å². The van der Waals surface area contributed by atoms with Crippen molar-refractivity contribution in [3.8, 4) is 0 Å². The molecule has 26 heavy (non-hydrogen) atoms. The van der Waals surface area contributed by atoms with E-state index >= 15 is 0 Å². The third-order valence-electron chi connectivity index (χ3n) is 4.46. The SMILES string of the molecule is Cc1ccc(/C=N\NC(=O)c2ccc(N(C)S(C)(=O)=O)cc2)c(C)c1C. The van der Waals surface area contributed by atoms with Crippen molar-refractivity contribution in [3.05, 3.63) is 64.2 Å². The molecule has 6 nitrogen and oxygen atoms in total. The van der Waals surface area contributed by atoms with Crippen LogP contribution >= 0.6 is 0 Å². The molecule has 7 heteroatoms. The third kappa shape index (κ3) is 4.49. The molecule has 2 rings (SSSR count). The summed E-state index contributed by atoms with van der Waals surface area (Å²) in [5, 5.41) is 4.02. The first-order chi connectivity index (χ1) is 12.1. The van der Waals surface area contributed by atoms with Crippen LogP contribution in [-0.2, 0) is 10.0 Å². The van der Waals surface area contributed by atoms with Crippen molar-refractivity contribution in [2.45, 2.75) is 20.8 Å². The molecule has 0 unspecified atom stereocenters. The molecule has 0 atom stereocenters. The lowest BCUT2D eigenvalue weighted by Crippen LogP contribution is -2.25. The number of aryl methyl sites for hydroxylation is 1. The molecule has 1 amide bonds. The molecule has 0 aliphatic rings. The maximum absolute atomic E-state index is 12.2. The van der Waals surface area contributed by atoms with Crippen LogP contribution in [0.25, 0.3) is 0 Å². The Hall–Kier alpha value is -2.67. The lowest BCUT2D eigenvalue weighted by atomic mass is 10.00. The number of hydrazone groups is 1. The fourth-order valence-electron chi connectivity index (χ4n) is 2.36. The van der Waals surface area contributed by atoms with Gasteiger partial charge in [0.1, 0.15) is 0 Å². The van der Waals surface area contributed by atoms with E-state index in [9.17, 15) is 13.2 Å². The fourth-order valence-corrected chi connectivity index (χ4v) is 2.86. The average Bonchev–Trinajstić information content (AvgIpc) is 2.60. The molecule has 0 spiro atoms. The van der Waals surface area contributed by atoms with Crippen LogP contribution in [0.15, 0.2) is 41.5 Å². The highest BCUT2D eigenvalue weighted by Crippen LogP contribution is 2.17. The Labute approximate surface area is 154 Å². The number of carbonyl (C=O) groups is 1. The summed E-state index contributed by atoms with van der Waals surface area (Å²) in [5.74, 6) is -0.365. The normalized spacial score (nSPS) is 11.6. The number of amides is 1. The smallest absolute Gasteiger partial charge is 0.271 e. The van der Waals surface area contributed by atoms with Crippen LogP contribution in [0.3, 0.4) is 0 Å². The van der Waals surface area contributed by atoms with Gasteiger partial charge in [-0.3, -0.25) is 9.10 Å². The van der Waals surface area contributed by atoms with Gasteiger partial charge < -0.3 is 0 Å². The van der Waals surface area contributed by atoms with E-state index in [2.05, 4.69) is 24.4 Å². The summed E-state index contributed by atoms with van der Waals surface area (Å²) in [4.78, 5) is 12.2. The first-order valence-corrected chi connectivity index (χ1v) is 9.90. The predicted octanol–water partition coefficient (Wildman–Crippen LogP) is 2.77. The molecule has 0 fully saturated rings. The summed E-state index contributed by atoms with van der Waals surface area (Å²) in [6.45, 7) is 6.12. The van der Waals surface area contributed by atoms with Gasteiger partial charge in [-0.15, -0.1) is 0 Å². The Balaban J connectivity index is 2.08. The van der Waals surface area contributed by atoms with E-state index in [1.165, 1.54) is 18.2 Å². The first-order valence-electron chi connectivity index (χ1n) is 8.05. The van der Waals surface area contributed by atoms with Crippen molar-refractivity contribution in [1.29, 1.82) is 0 Å². The zero-order valence-corrected chi connectivity index (χ0v) is 16.4. The molecule has 0 heterocycles. The van der Waals surface area contributed by atoms with E-state index in [0.29, 0.717) is 11.3 Å². The second-order valence-electron chi connectivity index (χ2n) is 6.20. The van der Waals surface area contributed by atoms with Crippen molar-refractivity contribution in [1.82, 2.24) is 5.43 Å². The van der Waals surface area contributed by atoms with Gasteiger partial charge in [-0.1, -0.05) is 12.1 Å². The molecule has 0 bridgehead atoms. The summed E-state index contributed by atoms with van der Waals surface area (Å²) in [5.41, 5.74) is 7.84. The van der Waals surface area contributed by atoms with Crippen molar-refractivity contribution in [2.24, 2.45) is 5.10 Å². The van der Waals surface area contributed by atoms with Gasteiger partial charge >= 0.3 is 0 Å². The second-order valence-corrected chi connectivity index (χ2v) is 8.21. The summed E-state index contributed by atoms with van der Waals surface area (Å²) >= 11 is 0. The van der Waals surface area contributed by atoms with Gasteiger partial charge in [0.25, 0.3) is 5.91 Å². The summed E-state index contributed by atoms with van der Waals surface area (Å²) < 4.78 is 24.2. The van der Waals surface area contributed by atoms with Gasteiger partial charge in [0, 0.05) is 12.6 Å². The van der Waals surface area contributed by atoms with Gasteiger partial charge in [0.2, 0.25) is 10.0 Å². The van der Waals surface area contributed by atoms with Gasteiger partial charge in [-0.2, -0.15) is 5.10 Å². The van der Waals surface area contributed by atoms with E-state index in [4.69, 9.17) is 0 Å². The van der Waals surface area contributed by atoms with E-state index in [1.807, 2.05) is 19.1 Å². The Kier molecular flexibility index (Phi) is 5.82. The third-order valence-corrected chi connectivity index (χ3v) is 5.67. The van der Waals surface area contributed by atoms with Crippen molar-refractivity contribution >= 4 is 27.8 Å². The Morgan fingerprint density at radius 1 is 1.04 bits per heavy atom. The molecule has 2 aromatic carbocycles. The lowest BCUT2D eigenvalue weighted by Gasteiger charge is -2.16. The number of hydrogen-bond donors (Lipinski definition) is 1. The summed E-state index contributed by atoms with van der Waals surface area (Å²) in [6, 6.07) is 10.2. The fraction of sp³-hybridized carbons (Fsp3) is 0.263. The Morgan fingerprint density at radius 3 is 2.23 bits per heavy atom. The number of nitrogens with one attached hydrogen (secondary N) is 1. The molecular weight excluding hydrogens is 350 g/mol. The first kappa shape index (κ1) is 19.7. The Bertz CT molecular complexity index is 949. The molecule has 0 aliphatic heterocycles. The van der Waals surface area contributed by atoms with Crippen LogP contribution in [0, 0.1) is 20.8 Å². The van der Waals surface area contributed by atoms with E-state index < -0.39 is 10.0 Å². The highest BCUT2D eigenvalue weighted by molar-refractivity contribution is 7.92. The summed E-state index contributed by atoms with van der Waals surface area (Å²) in [6.07, 6.45) is 2.74. The van der Waals surface area contributed by atoms with Gasteiger partial charge in [0.15, 0.2) is 0 Å². The maximum atomic E-state index is 12.2. The zero-order chi connectivity index (χ0) is 19.5. The molecule has 138 valence electrons. The molecule has 0 radical (unpaired) electrons. The number of rotatable bonds is 5. The number of anilines is 1. The highest BCUT2D eigenvalue weighted by atomic mass is 32.2. The predicted molar refractivity (Wildman–Crippen MR) is 105 cm³/mol. The molecular formula is C19H23N3O3S. The van der Waals surface area contributed by atoms with E-state index in [0.717, 1.165) is 21.7 Å². The quantitative estimate of drug-likeness (QED) is 0.646. The van der Waals surface area contributed by atoms with E-state index in [-0.39, 0.29) is 5.91 Å². The monoisotopic (exact) mass is 373 g/mol. The largest absolute Gasteiger partial charge is 0.274 e. The molecule has 1 N–H and O–H groups in total. The number of hydrogen-bond acceptors (Lipinski definition) is 4. The number of sulfonamides is 1. The zero-order valence-electron chi connectivity index (χ0n) is 15.6. The number of carbonyl (C=O) groups excluding carboxylic acids is 1. The topological polar surface area (TPSA) is 78.8 Å². The van der Waals surface area contributed by atoms with E-state index in [1.54, 1.807) is 30.5 Å². The van der Waals surface area contributed by atoms with Crippen LogP contribution in [0.4, 0.5) is 5.69 Å². The molecule has 0 aliphatic carbocycles. The molecule has 0 saturated carbocycles.